The lowest BCUT2D eigenvalue weighted by atomic mass is 10.1. The largest absolute Gasteiger partial charge is 0.376 e. The Kier molecular flexibility index (Phi) is 7.06. The maximum atomic E-state index is 12.8. The lowest BCUT2D eigenvalue weighted by molar-refractivity contribution is -0.117. The Morgan fingerprint density at radius 2 is 2.12 bits per heavy atom. The van der Waals surface area contributed by atoms with Gasteiger partial charge in [0.2, 0.25) is 0 Å². The summed E-state index contributed by atoms with van der Waals surface area (Å²) in [4.78, 5) is 12.8. The highest BCUT2D eigenvalue weighted by Crippen LogP contribution is 2.22. The Hall–Kier alpha value is -3.63. The van der Waals surface area contributed by atoms with E-state index >= 15 is 0 Å². The summed E-state index contributed by atoms with van der Waals surface area (Å²) in [5.41, 5.74) is 5.18. The minimum absolute atomic E-state index is 0.0944. The fourth-order valence-corrected chi connectivity index (χ4v) is 4.27. The van der Waals surface area contributed by atoms with Crippen molar-refractivity contribution >= 4 is 12.0 Å². The van der Waals surface area contributed by atoms with E-state index in [2.05, 4.69) is 21.1 Å². The van der Waals surface area contributed by atoms with Crippen molar-refractivity contribution in [2.45, 2.75) is 52.4 Å². The molecule has 7 heteroatoms. The highest BCUT2D eigenvalue weighted by Gasteiger charge is 2.19. The van der Waals surface area contributed by atoms with Gasteiger partial charge in [0.25, 0.3) is 5.91 Å². The average molecular weight is 444 g/mol. The third-order valence-corrected chi connectivity index (χ3v) is 6.14. The first-order valence-electron chi connectivity index (χ1n) is 11.3. The number of carbonyl (C=O) groups excluding carboxylic acids is 1. The lowest BCUT2D eigenvalue weighted by Gasteiger charge is -2.14. The number of amides is 1. The third kappa shape index (κ3) is 5.41. The molecular formula is C26H29N5O2. The molecule has 1 aliphatic rings. The van der Waals surface area contributed by atoms with Crippen LogP contribution < -0.4 is 5.32 Å². The van der Waals surface area contributed by atoms with Crippen molar-refractivity contribution in [3.05, 3.63) is 82.4 Å². The second kappa shape index (κ2) is 10.3. The summed E-state index contributed by atoms with van der Waals surface area (Å²) in [6.45, 7) is 6.64. The maximum Gasteiger partial charge on any atom is 0.262 e. The smallest absolute Gasteiger partial charge is 0.262 e. The molecule has 0 saturated carbocycles. The number of hydrogen-bond donors (Lipinski definition) is 1. The van der Waals surface area contributed by atoms with E-state index < -0.39 is 0 Å². The van der Waals surface area contributed by atoms with E-state index in [1.165, 1.54) is 0 Å². The van der Waals surface area contributed by atoms with Crippen molar-refractivity contribution in [3.8, 4) is 6.07 Å². The molecule has 1 saturated heterocycles. The zero-order valence-corrected chi connectivity index (χ0v) is 19.1. The number of nitrogens with zero attached hydrogens (tertiary/aromatic N) is 4. The van der Waals surface area contributed by atoms with Crippen LogP contribution in [0, 0.1) is 25.2 Å². The molecule has 1 amide bonds. The van der Waals surface area contributed by atoms with Gasteiger partial charge in [0, 0.05) is 43.5 Å². The zero-order chi connectivity index (χ0) is 23.2. The molecule has 170 valence electrons. The lowest BCUT2D eigenvalue weighted by Crippen LogP contribution is -2.24. The number of nitrogens with one attached hydrogen (secondary N) is 1. The number of rotatable bonds is 8. The summed E-state index contributed by atoms with van der Waals surface area (Å²) < 4.78 is 9.82. The minimum atomic E-state index is -0.379. The molecule has 1 unspecified atom stereocenters. The number of carbonyl (C=O) groups is 1. The quantitative estimate of drug-likeness (QED) is 0.424. The van der Waals surface area contributed by atoms with Gasteiger partial charge in [-0.15, -0.1) is 0 Å². The summed E-state index contributed by atoms with van der Waals surface area (Å²) in [6.07, 6.45) is 7.72. The average Bonchev–Trinajstić information content (AvgIpc) is 3.57. The van der Waals surface area contributed by atoms with E-state index in [9.17, 15) is 10.1 Å². The second-order valence-corrected chi connectivity index (χ2v) is 8.40. The van der Waals surface area contributed by atoms with Crippen LogP contribution in [0.15, 0.2) is 54.4 Å². The molecule has 3 heterocycles. The van der Waals surface area contributed by atoms with Gasteiger partial charge in [-0.25, -0.2) is 0 Å². The van der Waals surface area contributed by atoms with Crippen LogP contribution in [-0.4, -0.2) is 33.0 Å². The Bertz CT molecular complexity index is 1180. The molecule has 4 rings (SSSR count). The number of aryl methyl sites for hydroxylation is 1. The van der Waals surface area contributed by atoms with E-state index in [1.807, 2.05) is 61.1 Å². The van der Waals surface area contributed by atoms with Gasteiger partial charge in [0.1, 0.15) is 11.6 Å². The third-order valence-electron chi connectivity index (χ3n) is 6.14. The first-order valence-corrected chi connectivity index (χ1v) is 11.3. The highest BCUT2D eigenvalue weighted by molar-refractivity contribution is 6.01. The van der Waals surface area contributed by atoms with Crippen molar-refractivity contribution in [1.29, 1.82) is 5.26 Å². The molecule has 1 atom stereocenters. The first kappa shape index (κ1) is 22.6. The van der Waals surface area contributed by atoms with Crippen molar-refractivity contribution in [3.63, 3.8) is 0 Å². The molecule has 1 fully saturated rings. The first-order chi connectivity index (χ1) is 16.0. The van der Waals surface area contributed by atoms with Crippen LogP contribution in [0.25, 0.3) is 6.08 Å². The molecule has 1 N–H and O–H groups in total. The Morgan fingerprint density at radius 1 is 1.30 bits per heavy atom. The van der Waals surface area contributed by atoms with Gasteiger partial charge in [-0.05, 0) is 61.6 Å². The van der Waals surface area contributed by atoms with Gasteiger partial charge in [0.15, 0.2) is 0 Å². The van der Waals surface area contributed by atoms with Crippen LogP contribution in [0.2, 0.25) is 0 Å². The molecule has 3 aromatic rings. The van der Waals surface area contributed by atoms with E-state index in [4.69, 9.17) is 4.74 Å². The van der Waals surface area contributed by atoms with Gasteiger partial charge < -0.3 is 14.6 Å². The van der Waals surface area contributed by atoms with Crippen LogP contribution in [0.5, 0.6) is 0 Å². The standard InChI is InChI=1S/C26H29N5O2/c1-19-13-23(20(2)31(19)18-25-9-5-12-33-25)14-24(15-27)26(32)28-16-21-7-3-4-8-22(21)17-30-11-6-10-29-30/h3-4,6-8,10-11,13-14,25H,5,9,12,16-18H2,1-2H3,(H,28,32)/b24-14+. The van der Waals surface area contributed by atoms with Crippen LogP contribution >= 0.6 is 0 Å². The second-order valence-electron chi connectivity index (χ2n) is 8.40. The zero-order valence-electron chi connectivity index (χ0n) is 19.1. The molecule has 1 aromatic carbocycles. The molecule has 1 aliphatic heterocycles. The van der Waals surface area contributed by atoms with E-state index in [0.717, 1.165) is 54.1 Å². The summed E-state index contributed by atoms with van der Waals surface area (Å²) in [5.74, 6) is -0.379. The van der Waals surface area contributed by atoms with Crippen LogP contribution in [0.3, 0.4) is 0 Å². The number of nitriles is 1. The molecule has 33 heavy (non-hydrogen) atoms. The molecule has 0 bridgehead atoms. The van der Waals surface area contributed by atoms with Gasteiger partial charge >= 0.3 is 0 Å². The Morgan fingerprint density at radius 3 is 2.82 bits per heavy atom. The molecule has 0 spiro atoms. The minimum Gasteiger partial charge on any atom is -0.376 e. The van der Waals surface area contributed by atoms with Gasteiger partial charge in [0.05, 0.1) is 12.6 Å². The predicted octanol–water partition coefficient (Wildman–Crippen LogP) is 3.75. The monoisotopic (exact) mass is 443 g/mol. The topological polar surface area (TPSA) is 84.9 Å². The van der Waals surface area contributed by atoms with Crippen molar-refractivity contribution in [2.75, 3.05) is 6.61 Å². The van der Waals surface area contributed by atoms with Crippen LogP contribution in [-0.2, 0) is 29.2 Å². The number of ether oxygens (including phenoxy) is 1. The van der Waals surface area contributed by atoms with Gasteiger partial charge in [-0.1, -0.05) is 24.3 Å². The van der Waals surface area contributed by atoms with E-state index in [-0.39, 0.29) is 17.6 Å². The van der Waals surface area contributed by atoms with E-state index in [1.54, 1.807) is 12.3 Å². The highest BCUT2D eigenvalue weighted by atomic mass is 16.5. The van der Waals surface area contributed by atoms with Crippen molar-refractivity contribution in [1.82, 2.24) is 19.7 Å². The van der Waals surface area contributed by atoms with Crippen LogP contribution in [0.4, 0.5) is 0 Å². The SMILES string of the molecule is Cc1cc(/C=C(\C#N)C(=O)NCc2ccccc2Cn2cccn2)c(C)n1CC1CCCO1. The number of benzene rings is 1. The molecule has 0 radical (unpaired) electrons. The molecule has 7 nitrogen and oxygen atoms in total. The Labute approximate surface area is 194 Å². The van der Waals surface area contributed by atoms with E-state index in [0.29, 0.717) is 13.1 Å². The summed E-state index contributed by atoms with van der Waals surface area (Å²) in [5, 5.41) is 16.8. The van der Waals surface area contributed by atoms with Crippen molar-refractivity contribution < 1.29 is 9.53 Å². The fourth-order valence-electron chi connectivity index (χ4n) is 4.27. The number of aromatic nitrogens is 3. The fraction of sp³-hybridized carbons (Fsp3) is 0.346. The molecule has 2 aromatic heterocycles. The summed E-state index contributed by atoms with van der Waals surface area (Å²) >= 11 is 0. The number of hydrogen-bond acceptors (Lipinski definition) is 4. The Balaban J connectivity index is 1.46. The maximum absolute atomic E-state index is 12.8. The summed E-state index contributed by atoms with van der Waals surface area (Å²) in [6, 6.07) is 13.9. The predicted molar refractivity (Wildman–Crippen MR) is 126 cm³/mol. The molecule has 0 aliphatic carbocycles. The van der Waals surface area contributed by atoms with Crippen LogP contribution in [0.1, 0.15) is 40.9 Å². The molecular weight excluding hydrogens is 414 g/mol. The van der Waals surface area contributed by atoms with Crippen molar-refractivity contribution in [2.24, 2.45) is 0 Å². The normalized spacial score (nSPS) is 16.0. The van der Waals surface area contributed by atoms with Gasteiger partial charge in [-0.2, -0.15) is 10.4 Å². The summed E-state index contributed by atoms with van der Waals surface area (Å²) in [7, 11) is 0. The van der Waals surface area contributed by atoms with Gasteiger partial charge in [-0.3, -0.25) is 9.48 Å².